The van der Waals surface area contributed by atoms with Crippen molar-refractivity contribution < 1.29 is 9.90 Å². The Morgan fingerprint density at radius 3 is 2.25 bits per heavy atom. The predicted octanol–water partition coefficient (Wildman–Crippen LogP) is 2.58. The molecule has 0 spiro atoms. The summed E-state index contributed by atoms with van der Waals surface area (Å²) in [5, 5.41) is 8.96. The van der Waals surface area contributed by atoms with E-state index in [0.29, 0.717) is 6.04 Å². The van der Waals surface area contributed by atoms with Crippen LogP contribution in [0.15, 0.2) is 0 Å². The van der Waals surface area contributed by atoms with E-state index in [1.54, 1.807) is 0 Å². The average molecular weight is 282 g/mol. The topological polar surface area (TPSA) is 43.8 Å². The van der Waals surface area contributed by atoms with E-state index in [2.05, 4.69) is 9.80 Å². The highest BCUT2D eigenvalue weighted by Crippen LogP contribution is 2.22. The van der Waals surface area contributed by atoms with Crippen LogP contribution < -0.4 is 0 Å². The lowest BCUT2D eigenvalue weighted by molar-refractivity contribution is -0.137. The minimum absolute atomic E-state index is 0.288. The second-order valence-electron chi connectivity index (χ2n) is 6.37. The Kier molecular flexibility index (Phi) is 6.80. The van der Waals surface area contributed by atoms with Crippen molar-refractivity contribution in [3.63, 3.8) is 0 Å². The van der Waals surface area contributed by atoms with Gasteiger partial charge < -0.3 is 10.0 Å². The van der Waals surface area contributed by atoms with Crippen LogP contribution in [0, 0.1) is 0 Å². The molecule has 2 rings (SSSR count). The molecule has 0 aromatic carbocycles. The summed E-state index contributed by atoms with van der Waals surface area (Å²) in [6.45, 7) is 5.37. The predicted molar refractivity (Wildman–Crippen MR) is 81.0 cm³/mol. The second kappa shape index (κ2) is 8.63. The SMILES string of the molecule is O=C(O)CCN(CCN1CCCC1)C1CCCCCC1. The molecule has 1 saturated carbocycles. The molecule has 0 radical (unpaired) electrons. The Labute approximate surface area is 123 Å². The zero-order chi connectivity index (χ0) is 14.2. The van der Waals surface area contributed by atoms with Gasteiger partial charge in [-0.1, -0.05) is 25.7 Å². The first-order valence-corrected chi connectivity index (χ1v) is 8.44. The zero-order valence-corrected chi connectivity index (χ0v) is 12.7. The number of nitrogens with zero attached hydrogens (tertiary/aromatic N) is 2. The number of hydrogen-bond acceptors (Lipinski definition) is 3. The molecule has 1 aliphatic carbocycles. The van der Waals surface area contributed by atoms with E-state index in [4.69, 9.17) is 5.11 Å². The maximum absolute atomic E-state index is 10.9. The molecule has 0 unspecified atom stereocenters. The van der Waals surface area contributed by atoms with Gasteiger partial charge in [0.2, 0.25) is 0 Å². The minimum Gasteiger partial charge on any atom is -0.481 e. The molecule has 20 heavy (non-hydrogen) atoms. The van der Waals surface area contributed by atoms with Crippen LogP contribution in [0.25, 0.3) is 0 Å². The highest BCUT2D eigenvalue weighted by Gasteiger charge is 2.22. The van der Waals surface area contributed by atoms with Crippen molar-refractivity contribution in [3.05, 3.63) is 0 Å². The molecule has 0 atom stereocenters. The summed E-state index contributed by atoms with van der Waals surface area (Å²) in [6, 6.07) is 0.624. The average Bonchev–Trinajstić information content (AvgIpc) is 2.80. The van der Waals surface area contributed by atoms with Crippen LogP contribution in [0.2, 0.25) is 0 Å². The van der Waals surface area contributed by atoms with E-state index >= 15 is 0 Å². The molecule has 4 nitrogen and oxygen atoms in total. The largest absolute Gasteiger partial charge is 0.481 e. The van der Waals surface area contributed by atoms with Gasteiger partial charge in [-0.3, -0.25) is 9.69 Å². The molecule has 2 fully saturated rings. The fraction of sp³-hybridized carbons (Fsp3) is 0.938. The molecule has 1 saturated heterocycles. The number of carbonyl (C=O) groups is 1. The summed E-state index contributed by atoms with van der Waals surface area (Å²) in [5.41, 5.74) is 0. The standard InChI is InChI=1S/C16H30N2O2/c19-16(20)9-12-18(14-13-17-10-5-6-11-17)15-7-3-1-2-4-8-15/h15H,1-14H2,(H,19,20). The summed E-state index contributed by atoms with van der Waals surface area (Å²) in [5.74, 6) is -0.662. The molecule has 0 aromatic heterocycles. The molecule has 116 valence electrons. The maximum Gasteiger partial charge on any atom is 0.304 e. The van der Waals surface area contributed by atoms with Gasteiger partial charge >= 0.3 is 5.97 Å². The van der Waals surface area contributed by atoms with E-state index in [9.17, 15) is 4.79 Å². The lowest BCUT2D eigenvalue weighted by Gasteiger charge is -2.32. The van der Waals surface area contributed by atoms with Crippen molar-refractivity contribution in [2.24, 2.45) is 0 Å². The van der Waals surface area contributed by atoms with Crippen molar-refractivity contribution in [3.8, 4) is 0 Å². The molecule has 4 heteroatoms. The van der Waals surface area contributed by atoms with Crippen molar-refractivity contribution in [1.82, 2.24) is 9.80 Å². The normalized spacial score (nSPS) is 22.2. The van der Waals surface area contributed by atoms with Crippen LogP contribution in [-0.2, 0) is 4.79 Å². The third kappa shape index (κ3) is 5.41. The Bertz CT molecular complexity index is 282. The van der Waals surface area contributed by atoms with Crippen LogP contribution in [0.4, 0.5) is 0 Å². The van der Waals surface area contributed by atoms with Gasteiger partial charge in [0.15, 0.2) is 0 Å². The van der Waals surface area contributed by atoms with Crippen LogP contribution in [0.5, 0.6) is 0 Å². The molecular formula is C16H30N2O2. The second-order valence-corrected chi connectivity index (χ2v) is 6.37. The molecule has 1 N–H and O–H groups in total. The maximum atomic E-state index is 10.9. The summed E-state index contributed by atoms with van der Waals surface area (Å²) < 4.78 is 0. The third-order valence-electron chi connectivity index (χ3n) is 4.86. The van der Waals surface area contributed by atoms with Gasteiger partial charge in [-0.25, -0.2) is 0 Å². The smallest absolute Gasteiger partial charge is 0.304 e. The van der Waals surface area contributed by atoms with Gasteiger partial charge in [0, 0.05) is 25.7 Å². The van der Waals surface area contributed by atoms with E-state index in [1.807, 2.05) is 0 Å². The van der Waals surface area contributed by atoms with Crippen LogP contribution in [0.1, 0.15) is 57.8 Å². The molecular weight excluding hydrogens is 252 g/mol. The first-order chi connectivity index (χ1) is 9.75. The minimum atomic E-state index is -0.662. The van der Waals surface area contributed by atoms with Crippen molar-refractivity contribution in [1.29, 1.82) is 0 Å². The summed E-state index contributed by atoms with van der Waals surface area (Å²) >= 11 is 0. The fourth-order valence-corrected chi connectivity index (χ4v) is 3.62. The first kappa shape index (κ1) is 15.8. The lowest BCUT2D eigenvalue weighted by atomic mass is 10.1. The summed E-state index contributed by atoms with van der Waals surface area (Å²) in [4.78, 5) is 15.9. The highest BCUT2D eigenvalue weighted by molar-refractivity contribution is 5.66. The Morgan fingerprint density at radius 2 is 1.65 bits per heavy atom. The van der Waals surface area contributed by atoms with Crippen molar-refractivity contribution in [2.75, 3.05) is 32.7 Å². The fourth-order valence-electron chi connectivity index (χ4n) is 3.62. The number of aliphatic carboxylic acids is 1. The van der Waals surface area contributed by atoms with E-state index in [-0.39, 0.29) is 6.42 Å². The van der Waals surface area contributed by atoms with Gasteiger partial charge in [0.05, 0.1) is 6.42 Å². The number of carboxylic acid groups (broad SMARTS) is 1. The van der Waals surface area contributed by atoms with Gasteiger partial charge in [-0.15, -0.1) is 0 Å². The number of hydrogen-bond donors (Lipinski definition) is 1. The zero-order valence-electron chi connectivity index (χ0n) is 12.7. The molecule has 0 aromatic rings. The molecule has 0 bridgehead atoms. The van der Waals surface area contributed by atoms with E-state index < -0.39 is 5.97 Å². The molecule has 1 aliphatic heterocycles. The third-order valence-corrected chi connectivity index (χ3v) is 4.86. The Hall–Kier alpha value is -0.610. The number of carboxylic acids is 1. The van der Waals surface area contributed by atoms with Gasteiger partial charge in [0.1, 0.15) is 0 Å². The van der Waals surface area contributed by atoms with Crippen molar-refractivity contribution >= 4 is 5.97 Å². The van der Waals surface area contributed by atoms with Crippen molar-refractivity contribution in [2.45, 2.75) is 63.8 Å². The summed E-state index contributed by atoms with van der Waals surface area (Å²) in [7, 11) is 0. The van der Waals surface area contributed by atoms with Gasteiger partial charge in [-0.05, 0) is 38.8 Å². The van der Waals surface area contributed by atoms with Crippen LogP contribution >= 0.6 is 0 Å². The van der Waals surface area contributed by atoms with Crippen LogP contribution in [-0.4, -0.2) is 59.6 Å². The first-order valence-electron chi connectivity index (χ1n) is 8.44. The molecule has 1 heterocycles. The van der Waals surface area contributed by atoms with E-state index in [0.717, 1.165) is 19.6 Å². The summed E-state index contributed by atoms with van der Waals surface area (Å²) in [6.07, 6.45) is 10.8. The van der Waals surface area contributed by atoms with E-state index in [1.165, 1.54) is 64.5 Å². The number of rotatable bonds is 7. The monoisotopic (exact) mass is 282 g/mol. The lowest BCUT2D eigenvalue weighted by Crippen LogP contribution is -2.41. The van der Waals surface area contributed by atoms with Gasteiger partial charge in [-0.2, -0.15) is 0 Å². The number of likely N-dealkylation sites (tertiary alicyclic amines) is 1. The van der Waals surface area contributed by atoms with Crippen LogP contribution in [0.3, 0.4) is 0 Å². The quantitative estimate of drug-likeness (QED) is 0.729. The molecule has 2 aliphatic rings. The Morgan fingerprint density at radius 1 is 1.00 bits per heavy atom. The van der Waals surface area contributed by atoms with Gasteiger partial charge in [0.25, 0.3) is 0 Å². The molecule has 0 amide bonds. The Balaban J connectivity index is 1.82. The highest BCUT2D eigenvalue weighted by atomic mass is 16.4.